The zero-order valence-corrected chi connectivity index (χ0v) is 16.2. The van der Waals surface area contributed by atoms with Gasteiger partial charge in [-0.25, -0.2) is 4.98 Å². The molecular weight excluding hydrogens is 348 g/mol. The van der Waals surface area contributed by atoms with Crippen LogP contribution in [0.25, 0.3) is 0 Å². The summed E-state index contributed by atoms with van der Waals surface area (Å²) in [6, 6.07) is -0.130. The van der Waals surface area contributed by atoms with Crippen LogP contribution in [0.1, 0.15) is 50.6 Å². The smallest absolute Gasteiger partial charge is 0.240 e. The molecule has 2 N–H and O–H groups in total. The van der Waals surface area contributed by atoms with Crippen molar-refractivity contribution in [2.24, 2.45) is 0 Å². The summed E-state index contributed by atoms with van der Waals surface area (Å²) < 4.78 is 0. The van der Waals surface area contributed by atoms with Crippen LogP contribution in [0.2, 0.25) is 0 Å². The van der Waals surface area contributed by atoms with Crippen molar-refractivity contribution < 1.29 is 9.90 Å². The third-order valence-corrected chi connectivity index (χ3v) is 7.05. The van der Waals surface area contributed by atoms with Gasteiger partial charge in [-0.05, 0) is 45.2 Å². The quantitative estimate of drug-likeness (QED) is 0.815. The van der Waals surface area contributed by atoms with Crippen molar-refractivity contribution >= 4 is 17.2 Å². The predicted molar refractivity (Wildman–Crippen MR) is 102 cm³/mol. The maximum absolute atomic E-state index is 13.2. The Balaban J connectivity index is 1.35. The van der Waals surface area contributed by atoms with Crippen molar-refractivity contribution in [3.05, 3.63) is 16.6 Å². The fourth-order valence-corrected chi connectivity index (χ4v) is 5.50. The maximum Gasteiger partial charge on any atom is 0.240 e. The Bertz CT molecular complexity index is 597. The van der Waals surface area contributed by atoms with Gasteiger partial charge in [0.2, 0.25) is 5.91 Å². The van der Waals surface area contributed by atoms with Crippen LogP contribution in [0.3, 0.4) is 0 Å². The van der Waals surface area contributed by atoms with Gasteiger partial charge in [-0.15, -0.1) is 11.3 Å². The average molecular weight is 379 g/mol. The van der Waals surface area contributed by atoms with Crippen molar-refractivity contribution in [3.63, 3.8) is 0 Å². The second kappa shape index (κ2) is 7.92. The molecular formula is C19H30N4O2S. The molecule has 7 heteroatoms. The Hall–Kier alpha value is -1.02. The summed E-state index contributed by atoms with van der Waals surface area (Å²) in [5.74, 6) is 0.161. The Morgan fingerprint density at radius 1 is 1.27 bits per heavy atom. The first-order valence-corrected chi connectivity index (χ1v) is 11.0. The molecule has 1 aromatic rings. The molecule has 1 aromatic heterocycles. The van der Waals surface area contributed by atoms with Crippen LogP contribution in [0.15, 0.2) is 10.9 Å². The van der Waals surface area contributed by atoms with E-state index in [-0.39, 0.29) is 17.5 Å². The summed E-state index contributed by atoms with van der Waals surface area (Å²) in [5, 5.41) is 15.9. The molecule has 0 radical (unpaired) electrons. The van der Waals surface area contributed by atoms with Gasteiger partial charge < -0.3 is 10.4 Å². The number of hydrogen-bond acceptors (Lipinski definition) is 6. The van der Waals surface area contributed by atoms with Crippen molar-refractivity contribution in [2.45, 2.75) is 69.2 Å². The number of aromatic nitrogens is 1. The molecule has 4 rings (SSSR count). The highest BCUT2D eigenvalue weighted by Crippen LogP contribution is 2.38. The van der Waals surface area contributed by atoms with Crippen molar-refractivity contribution in [3.8, 4) is 0 Å². The standard InChI is InChI=1S/C19H30N4O2S/c24-17-12-22(11-15-13-26-14-20-15)10-5-16(17)21-18(25)19(6-1-2-7-19)23-8-3-4-9-23/h13-14,16-17,24H,1-12H2,(H,21,25)/t16-,17-/m1/s1. The van der Waals surface area contributed by atoms with E-state index in [9.17, 15) is 9.90 Å². The number of nitrogens with zero attached hydrogens (tertiary/aromatic N) is 3. The first-order chi connectivity index (χ1) is 12.7. The van der Waals surface area contributed by atoms with E-state index in [0.717, 1.165) is 64.0 Å². The number of aliphatic hydroxyl groups is 1. The van der Waals surface area contributed by atoms with Crippen molar-refractivity contribution in [1.82, 2.24) is 20.1 Å². The largest absolute Gasteiger partial charge is 0.390 e. The van der Waals surface area contributed by atoms with E-state index in [0.29, 0.717) is 6.54 Å². The zero-order valence-electron chi connectivity index (χ0n) is 15.4. The molecule has 6 nitrogen and oxygen atoms in total. The number of thiazole rings is 1. The molecule has 144 valence electrons. The summed E-state index contributed by atoms with van der Waals surface area (Å²) in [4.78, 5) is 22.2. The summed E-state index contributed by atoms with van der Waals surface area (Å²) in [6.45, 7) is 4.35. The predicted octanol–water partition coefficient (Wildman–Crippen LogP) is 1.60. The van der Waals surface area contributed by atoms with Crippen LogP contribution >= 0.6 is 11.3 Å². The Morgan fingerprint density at radius 2 is 2.04 bits per heavy atom. The second-order valence-corrected chi connectivity index (χ2v) is 8.80. The van der Waals surface area contributed by atoms with Crippen LogP contribution in [-0.2, 0) is 11.3 Å². The normalized spacial score (nSPS) is 29.9. The SMILES string of the molecule is O=C(N[C@@H]1CCN(Cc2cscn2)C[C@H]1O)C1(N2CCCC2)CCCC1. The lowest BCUT2D eigenvalue weighted by molar-refractivity contribution is -0.135. The lowest BCUT2D eigenvalue weighted by Crippen LogP contribution is -2.62. The molecule has 2 atom stereocenters. The van der Waals surface area contributed by atoms with E-state index in [2.05, 4.69) is 25.5 Å². The summed E-state index contributed by atoms with van der Waals surface area (Å²) in [7, 11) is 0. The van der Waals surface area contributed by atoms with E-state index >= 15 is 0 Å². The summed E-state index contributed by atoms with van der Waals surface area (Å²) in [5.41, 5.74) is 2.59. The number of likely N-dealkylation sites (tertiary alicyclic amines) is 2. The molecule has 26 heavy (non-hydrogen) atoms. The average Bonchev–Trinajstić information content (AvgIpc) is 3.39. The van der Waals surface area contributed by atoms with Crippen LogP contribution in [0.5, 0.6) is 0 Å². The lowest BCUT2D eigenvalue weighted by Gasteiger charge is -2.41. The van der Waals surface area contributed by atoms with Crippen LogP contribution < -0.4 is 5.32 Å². The minimum Gasteiger partial charge on any atom is -0.390 e. The van der Waals surface area contributed by atoms with E-state index in [1.54, 1.807) is 11.3 Å². The highest BCUT2D eigenvalue weighted by molar-refractivity contribution is 7.07. The topological polar surface area (TPSA) is 68.7 Å². The highest BCUT2D eigenvalue weighted by atomic mass is 32.1. The van der Waals surface area contributed by atoms with Crippen LogP contribution in [0.4, 0.5) is 0 Å². The van der Waals surface area contributed by atoms with Crippen LogP contribution in [0, 0.1) is 0 Å². The zero-order chi connectivity index (χ0) is 18.0. The van der Waals surface area contributed by atoms with Gasteiger partial charge in [-0.2, -0.15) is 0 Å². The molecule has 3 aliphatic rings. The number of carbonyl (C=O) groups excluding carboxylic acids is 1. The number of aliphatic hydroxyl groups excluding tert-OH is 1. The number of rotatable bonds is 5. The van der Waals surface area contributed by atoms with E-state index in [4.69, 9.17) is 0 Å². The summed E-state index contributed by atoms with van der Waals surface area (Å²) >= 11 is 1.60. The van der Waals surface area contributed by atoms with Gasteiger partial charge in [-0.1, -0.05) is 12.8 Å². The van der Waals surface area contributed by atoms with E-state index in [1.165, 1.54) is 12.8 Å². The fourth-order valence-electron chi connectivity index (χ4n) is 4.95. The van der Waals surface area contributed by atoms with Crippen LogP contribution in [-0.4, -0.2) is 69.7 Å². The van der Waals surface area contributed by atoms with Gasteiger partial charge in [0.05, 0.1) is 23.4 Å². The highest BCUT2D eigenvalue weighted by Gasteiger charge is 2.47. The number of β-amino-alcohol motifs (C(OH)–C–C–N with tert-alkyl or cyclic N) is 1. The number of amides is 1. The molecule has 3 heterocycles. The first kappa shape index (κ1) is 18.3. The van der Waals surface area contributed by atoms with E-state index in [1.807, 2.05) is 5.51 Å². The molecule has 1 saturated carbocycles. The third-order valence-electron chi connectivity index (χ3n) is 6.42. The molecule has 3 fully saturated rings. The Labute approximate surface area is 159 Å². The number of piperidine rings is 1. The molecule has 1 amide bonds. The third kappa shape index (κ3) is 3.67. The minimum absolute atomic E-state index is 0.130. The van der Waals surface area contributed by atoms with Gasteiger partial charge in [-0.3, -0.25) is 14.6 Å². The van der Waals surface area contributed by atoms with Crippen molar-refractivity contribution in [2.75, 3.05) is 26.2 Å². The molecule has 2 aliphatic heterocycles. The summed E-state index contributed by atoms with van der Waals surface area (Å²) in [6.07, 6.45) is 6.90. The Morgan fingerprint density at radius 3 is 2.69 bits per heavy atom. The number of hydrogen-bond donors (Lipinski definition) is 2. The number of nitrogens with one attached hydrogen (secondary N) is 1. The molecule has 0 aromatic carbocycles. The maximum atomic E-state index is 13.2. The monoisotopic (exact) mass is 378 g/mol. The lowest BCUT2D eigenvalue weighted by atomic mass is 9.92. The van der Waals surface area contributed by atoms with E-state index < -0.39 is 6.10 Å². The molecule has 0 unspecified atom stereocenters. The van der Waals surface area contributed by atoms with Gasteiger partial charge in [0.15, 0.2) is 0 Å². The van der Waals surface area contributed by atoms with Crippen molar-refractivity contribution in [1.29, 1.82) is 0 Å². The van der Waals surface area contributed by atoms with Gasteiger partial charge in [0, 0.05) is 25.0 Å². The first-order valence-electron chi connectivity index (χ1n) is 10.0. The molecule has 0 spiro atoms. The van der Waals surface area contributed by atoms with Gasteiger partial charge >= 0.3 is 0 Å². The van der Waals surface area contributed by atoms with Gasteiger partial charge in [0.1, 0.15) is 5.54 Å². The Kier molecular flexibility index (Phi) is 5.59. The molecule has 1 aliphatic carbocycles. The minimum atomic E-state index is -0.511. The number of carbonyl (C=O) groups is 1. The van der Waals surface area contributed by atoms with Gasteiger partial charge in [0.25, 0.3) is 0 Å². The second-order valence-electron chi connectivity index (χ2n) is 8.08. The molecule has 2 saturated heterocycles. The fraction of sp³-hybridized carbons (Fsp3) is 0.789. The molecule has 0 bridgehead atoms.